The quantitative estimate of drug-likeness (QED) is 0.450. The van der Waals surface area contributed by atoms with Gasteiger partial charge in [0.15, 0.2) is 0 Å². The fourth-order valence-electron chi connectivity index (χ4n) is 1.26. The van der Waals surface area contributed by atoms with Crippen LogP contribution in [0.1, 0.15) is 12.5 Å². The molecule has 0 saturated carbocycles. The predicted octanol–water partition coefficient (Wildman–Crippen LogP) is 2.14. The van der Waals surface area contributed by atoms with Gasteiger partial charge in [-0.25, -0.2) is 0 Å². The highest BCUT2D eigenvalue weighted by Crippen LogP contribution is 2.28. The summed E-state index contributed by atoms with van der Waals surface area (Å²) in [6, 6.07) is 3.09. The molecule has 0 radical (unpaired) electrons. The van der Waals surface area contributed by atoms with Gasteiger partial charge in [-0.15, -0.1) is 9.24 Å². The molecule has 0 spiro atoms. The summed E-state index contributed by atoms with van der Waals surface area (Å²) in [5, 5.41) is 11.6. The zero-order valence-electron chi connectivity index (χ0n) is 8.61. The Morgan fingerprint density at radius 3 is 2.60 bits per heavy atom. The lowest BCUT2D eigenvalue weighted by Gasteiger charge is -2.08. The molecule has 0 bridgehead atoms. The topological polar surface area (TPSA) is 52.4 Å². The largest absolute Gasteiger partial charge is 0.496 e. The van der Waals surface area contributed by atoms with Crippen LogP contribution >= 0.6 is 9.24 Å². The SMILES string of the molecule is C=C(C)c1cc(P)c(OC)cc1[N+](=O)[O-]. The molecule has 0 aliphatic carbocycles. The van der Waals surface area contributed by atoms with E-state index < -0.39 is 4.92 Å². The van der Waals surface area contributed by atoms with E-state index in [-0.39, 0.29) is 5.69 Å². The van der Waals surface area contributed by atoms with E-state index in [2.05, 4.69) is 15.8 Å². The first-order chi connectivity index (χ1) is 6.97. The van der Waals surface area contributed by atoms with Crippen molar-refractivity contribution in [1.29, 1.82) is 0 Å². The predicted molar refractivity (Wildman–Crippen MR) is 63.7 cm³/mol. The highest BCUT2D eigenvalue weighted by atomic mass is 31.0. The monoisotopic (exact) mass is 225 g/mol. The maximum absolute atomic E-state index is 10.8. The lowest BCUT2D eigenvalue weighted by Crippen LogP contribution is -2.03. The summed E-state index contributed by atoms with van der Waals surface area (Å²) in [7, 11) is 3.96. The minimum absolute atomic E-state index is 0.0190. The number of nitro groups is 1. The smallest absolute Gasteiger partial charge is 0.280 e. The van der Waals surface area contributed by atoms with Gasteiger partial charge in [0.2, 0.25) is 0 Å². The Morgan fingerprint density at radius 2 is 2.20 bits per heavy atom. The number of rotatable bonds is 3. The molecule has 0 amide bonds. The van der Waals surface area contributed by atoms with E-state index in [9.17, 15) is 10.1 Å². The van der Waals surface area contributed by atoms with Crippen molar-refractivity contribution in [3.8, 4) is 5.75 Å². The van der Waals surface area contributed by atoms with Crippen LogP contribution in [-0.4, -0.2) is 12.0 Å². The summed E-state index contributed by atoms with van der Waals surface area (Å²) in [6.07, 6.45) is 0. The molecule has 0 N–H and O–H groups in total. The highest BCUT2D eigenvalue weighted by molar-refractivity contribution is 7.27. The van der Waals surface area contributed by atoms with Crippen LogP contribution in [0.5, 0.6) is 5.75 Å². The molecule has 0 aromatic heterocycles. The molecule has 1 aromatic rings. The minimum atomic E-state index is -0.434. The van der Waals surface area contributed by atoms with Gasteiger partial charge in [-0.1, -0.05) is 6.58 Å². The first-order valence-electron chi connectivity index (χ1n) is 4.25. The van der Waals surface area contributed by atoms with E-state index in [1.165, 1.54) is 13.2 Å². The van der Waals surface area contributed by atoms with Crippen molar-refractivity contribution in [2.75, 3.05) is 7.11 Å². The molecular formula is C10H12NO3P. The molecule has 0 aliphatic rings. The van der Waals surface area contributed by atoms with E-state index >= 15 is 0 Å². The van der Waals surface area contributed by atoms with Crippen molar-refractivity contribution in [2.45, 2.75) is 6.92 Å². The van der Waals surface area contributed by atoms with Crippen molar-refractivity contribution in [1.82, 2.24) is 0 Å². The van der Waals surface area contributed by atoms with Gasteiger partial charge in [-0.05, 0) is 18.6 Å². The fraction of sp³-hybridized carbons (Fsp3) is 0.200. The van der Waals surface area contributed by atoms with Crippen LogP contribution in [0.25, 0.3) is 5.57 Å². The van der Waals surface area contributed by atoms with Gasteiger partial charge in [0.1, 0.15) is 5.75 Å². The maximum Gasteiger partial charge on any atom is 0.280 e. The fourth-order valence-corrected chi connectivity index (χ4v) is 1.62. The van der Waals surface area contributed by atoms with E-state index in [4.69, 9.17) is 4.74 Å². The number of benzene rings is 1. The Hall–Kier alpha value is -1.41. The van der Waals surface area contributed by atoms with Crippen LogP contribution in [0.3, 0.4) is 0 Å². The molecule has 1 unspecified atom stereocenters. The third-order valence-electron chi connectivity index (χ3n) is 2.00. The third kappa shape index (κ3) is 2.34. The normalized spacial score (nSPS) is 9.80. The molecule has 0 heterocycles. The van der Waals surface area contributed by atoms with Crippen LogP contribution in [0.15, 0.2) is 18.7 Å². The molecule has 80 valence electrons. The molecule has 1 atom stereocenters. The van der Waals surface area contributed by atoms with Crippen LogP contribution in [-0.2, 0) is 0 Å². The van der Waals surface area contributed by atoms with E-state index in [0.717, 1.165) is 5.30 Å². The van der Waals surface area contributed by atoms with Gasteiger partial charge in [0.25, 0.3) is 5.69 Å². The van der Waals surface area contributed by atoms with Gasteiger partial charge in [0, 0.05) is 5.30 Å². The highest BCUT2D eigenvalue weighted by Gasteiger charge is 2.17. The summed E-state index contributed by atoms with van der Waals surface area (Å²) >= 11 is 0. The first-order valence-corrected chi connectivity index (χ1v) is 4.83. The summed E-state index contributed by atoms with van der Waals surface area (Å²) in [5.74, 6) is 0.483. The molecule has 15 heavy (non-hydrogen) atoms. The number of ether oxygens (including phenoxy) is 1. The van der Waals surface area contributed by atoms with Crippen LogP contribution in [0.2, 0.25) is 0 Å². The summed E-state index contributed by atoms with van der Waals surface area (Å²) < 4.78 is 5.02. The number of nitrogens with zero attached hydrogens (tertiary/aromatic N) is 1. The number of nitro benzene ring substituents is 1. The van der Waals surface area contributed by atoms with Gasteiger partial charge in [0.05, 0.1) is 23.7 Å². The standard InChI is InChI=1S/C10H12NO3P/c1-6(2)7-4-10(15)9(14-3)5-8(7)11(12)13/h4-5H,1,15H2,2-3H3. The average Bonchev–Trinajstić information content (AvgIpc) is 2.16. The Labute approximate surface area is 90.3 Å². The second kappa shape index (κ2) is 4.41. The molecular weight excluding hydrogens is 213 g/mol. The molecule has 5 heteroatoms. The van der Waals surface area contributed by atoms with Crippen LogP contribution in [0, 0.1) is 10.1 Å². The average molecular weight is 225 g/mol. The summed E-state index contributed by atoms with van der Waals surface area (Å²) in [5.41, 5.74) is 1.21. The minimum Gasteiger partial charge on any atom is -0.496 e. The zero-order chi connectivity index (χ0) is 11.6. The van der Waals surface area contributed by atoms with E-state index in [0.29, 0.717) is 16.9 Å². The molecule has 1 rings (SSSR count). The van der Waals surface area contributed by atoms with Gasteiger partial charge in [-0.2, -0.15) is 0 Å². The third-order valence-corrected chi connectivity index (χ3v) is 2.46. The van der Waals surface area contributed by atoms with E-state index in [1.54, 1.807) is 13.0 Å². The van der Waals surface area contributed by atoms with Crippen LogP contribution < -0.4 is 10.0 Å². The number of hydrogen-bond acceptors (Lipinski definition) is 3. The molecule has 0 aliphatic heterocycles. The van der Waals surface area contributed by atoms with Crippen molar-refractivity contribution >= 4 is 25.8 Å². The Morgan fingerprint density at radius 1 is 1.60 bits per heavy atom. The lowest BCUT2D eigenvalue weighted by atomic mass is 10.1. The number of allylic oxidation sites excluding steroid dienone is 1. The van der Waals surface area contributed by atoms with Crippen molar-refractivity contribution in [3.63, 3.8) is 0 Å². The number of hydrogen-bond donors (Lipinski definition) is 0. The summed E-state index contributed by atoms with van der Waals surface area (Å²) in [6.45, 7) is 5.45. The molecule has 1 aromatic carbocycles. The van der Waals surface area contributed by atoms with Crippen LogP contribution in [0.4, 0.5) is 5.69 Å². The molecule has 0 fully saturated rings. The second-order valence-electron chi connectivity index (χ2n) is 3.15. The van der Waals surface area contributed by atoms with Crippen molar-refractivity contribution in [2.24, 2.45) is 0 Å². The molecule has 4 nitrogen and oxygen atoms in total. The Kier molecular flexibility index (Phi) is 3.43. The summed E-state index contributed by atoms with van der Waals surface area (Å²) in [4.78, 5) is 10.4. The number of methoxy groups -OCH3 is 1. The van der Waals surface area contributed by atoms with E-state index in [1.807, 2.05) is 0 Å². The second-order valence-corrected chi connectivity index (χ2v) is 3.77. The van der Waals surface area contributed by atoms with Gasteiger partial charge < -0.3 is 4.74 Å². The lowest BCUT2D eigenvalue weighted by molar-refractivity contribution is -0.385. The van der Waals surface area contributed by atoms with Crippen molar-refractivity contribution < 1.29 is 9.66 Å². The van der Waals surface area contributed by atoms with Gasteiger partial charge in [-0.3, -0.25) is 10.1 Å². The van der Waals surface area contributed by atoms with Gasteiger partial charge >= 0.3 is 0 Å². The van der Waals surface area contributed by atoms with Crippen molar-refractivity contribution in [3.05, 3.63) is 34.4 Å². The first kappa shape index (κ1) is 11.7. The maximum atomic E-state index is 10.8. The Balaban J connectivity index is 3.45. The Bertz CT molecular complexity index is 429. The molecule has 0 saturated heterocycles. The zero-order valence-corrected chi connectivity index (χ0v) is 9.77.